The highest BCUT2D eigenvalue weighted by Crippen LogP contribution is 2.54. The number of urea groups is 1. The summed E-state index contributed by atoms with van der Waals surface area (Å²) in [7, 11) is 1.74. The smallest absolute Gasteiger partial charge is 0.326 e. The van der Waals surface area contributed by atoms with E-state index in [0.29, 0.717) is 104 Å². The maximum absolute atomic E-state index is 15.5. The fourth-order valence-corrected chi connectivity index (χ4v) is 11.4. The van der Waals surface area contributed by atoms with Gasteiger partial charge in [0.05, 0.1) is 63.8 Å². The summed E-state index contributed by atoms with van der Waals surface area (Å²) in [5.74, 6) is 2.18. The Balaban J connectivity index is 0.773. The first-order chi connectivity index (χ1) is 39.2. The molecular formula is C63H78Cl2N10O7. The van der Waals surface area contributed by atoms with Crippen LogP contribution in [0, 0.1) is 6.92 Å². The number of halogens is 2. The van der Waals surface area contributed by atoms with Crippen LogP contribution in [-0.4, -0.2) is 161 Å². The van der Waals surface area contributed by atoms with Crippen molar-refractivity contribution in [3.05, 3.63) is 152 Å². The molecule has 436 valence electrons. The van der Waals surface area contributed by atoms with Crippen LogP contribution in [0.1, 0.15) is 112 Å². The molecule has 17 nitrogen and oxygen atoms in total. The molecule has 2 bridgehead atoms. The number of nitrogens with one attached hydrogen (secondary N) is 1. The molecule has 82 heavy (non-hydrogen) atoms. The quantitative estimate of drug-likeness (QED) is 0.0867. The third-order valence-corrected chi connectivity index (χ3v) is 16.7. The molecule has 5 heterocycles. The second-order valence-electron chi connectivity index (χ2n) is 23.0. The Morgan fingerprint density at radius 1 is 0.841 bits per heavy atom. The van der Waals surface area contributed by atoms with E-state index in [4.69, 9.17) is 52.1 Å². The normalized spacial score (nSPS) is 20.6. The Hall–Kier alpha value is -6.76. The van der Waals surface area contributed by atoms with Crippen LogP contribution in [0.2, 0.25) is 10.0 Å². The zero-order valence-electron chi connectivity index (χ0n) is 49.0. The molecule has 1 N–H and O–H groups in total. The van der Waals surface area contributed by atoms with Crippen molar-refractivity contribution in [1.29, 1.82) is 0 Å². The second-order valence-corrected chi connectivity index (χ2v) is 23.8. The molecule has 2 aromatic heterocycles. The van der Waals surface area contributed by atoms with Crippen LogP contribution >= 0.6 is 23.2 Å². The lowest BCUT2D eigenvalue weighted by Crippen LogP contribution is -2.60. The number of piperazine rings is 1. The molecule has 3 aliphatic rings. The van der Waals surface area contributed by atoms with Gasteiger partial charge in [0.1, 0.15) is 45.9 Å². The Labute approximate surface area is 492 Å². The van der Waals surface area contributed by atoms with Gasteiger partial charge in [0.2, 0.25) is 5.91 Å². The minimum atomic E-state index is -1.03. The van der Waals surface area contributed by atoms with Crippen molar-refractivity contribution in [1.82, 2.24) is 39.1 Å². The molecule has 1 fully saturated rings. The first kappa shape index (κ1) is 59.8. The van der Waals surface area contributed by atoms with E-state index < -0.39 is 11.1 Å². The zero-order chi connectivity index (χ0) is 58.5. The lowest BCUT2D eigenvalue weighted by atomic mass is 9.71. The minimum Gasteiger partial charge on any atom is -0.493 e. The third-order valence-electron chi connectivity index (χ3n) is 16.2. The summed E-state index contributed by atoms with van der Waals surface area (Å²) in [5, 5.41) is 9.08. The lowest BCUT2D eigenvalue weighted by Gasteiger charge is -2.47. The van der Waals surface area contributed by atoms with Crippen molar-refractivity contribution in [2.45, 2.75) is 97.4 Å². The SMILES string of the molecule is CCOc1cc(C(C)(C)C)ccc1C1=N[C@](C)(c2ccc(Cl)cc2)[C@](C)(c2ccc(Cl)cc2)N1C(=O)N1CCN(CCOCCOCCC(=O)N(C)CCN2C[C@H](C)Oc3ccc(C)cc3[C@@H](C)Nc3ccn4ncc(c4n3)C2=O)CC1. The molecule has 19 heteroatoms. The van der Waals surface area contributed by atoms with Crippen LogP contribution in [0.15, 0.2) is 108 Å². The Bertz CT molecular complexity index is 3270. The first-order valence-electron chi connectivity index (χ1n) is 28.5. The number of ether oxygens (including phenoxy) is 4. The number of hydrogen-bond acceptors (Lipinski definition) is 12. The molecule has 4 aromatic carbocycles. The summed E-state index contributed by atoms with van der Waals surface area (Å²) in [5.41, 5.74) is 4.37. The second kappa shape index (κ2) is 25.4. The molecular weight excluding hydrogens is 1080 g/mol. The molecule has 1 saturated heterocycles. The number of fused-ring (bicyclic) bond motifs is 2. The lowest BCUT2D eigenvalue weighted by molar-refractivity contribution is -0.131. The van der Waals surface area contributed by atoms with Gasteiger partial charge in [-0.2, -0.15) is 5.10 Å². The molecule has 0 radical (unpaired) electrons. The summed E-state index contributed by atoms with van der Waals surface area (Å²) in [6, 6.07) is 29.3. The van der Waals surface area contributed by atoms with Crippen molar-refractivity contribution in [3.8, 4) is 11.5 Å². The van der Waals surface area contributed by atoms with E-state index in [2.05, 4.69) is 75.1 Å². The van der Waals surface area contributed by atoms with E-state index in [1.807, 2.05) is 103 Å². The molecule has 4 amide bonds. The minimum absolute atomic E-state index is 0.101. The number of benzene rings is 4. The third kappa shape index (κ3) is 12.9. The molecule has 4 atom stereocenters. The van der Waals surface area contributed by atoms with Gasteiger partial charge >= 0.3 is 6.03 Å². The fourth-order valence-electron chi connectivity index (χ4n) is 11.1. The molecule has 0 aliphatic carbocycles. The van der Waals surface area contributed by atoms with Gasteiger partial charge in [0.15, 0.2) is 5.65 Å². The van der Waals surface area contributed by atoms with Gasteiger partial charge in [0, 0.05) is 74.7 Å². The summed E-state index contributed by atoms with van der Waals surface area (Å²) in [6.07, 6.45) is 3.14. The van der Waals surface area contributed by atoms with Gasteiger partial charge in [0.25, 0.3) is 5.91 Å². The van der Waals surface area contributed by atoms with Crippen LogP contribution in [0.25, 0.3) is 5.65 Å². The number of carbonyl (C=O) groups excluding carboxylic acids is 3. The van der Waals surface area contributed by atoms with Crippen molar-refractivity contribution >= 4 is 58.3 Å². The number of anilines is 1. The van der Waals surface area contributed by atoms with E-state index >= 15 is 4.79 Å². The van der Waals surface area contributed by atoms with Gasteiger partial charge in [-0.15, -0.1) is 0 Å². The van der Waals surface area contributed by atoms with Crippen LogP contribution in [-0.2, 0) is 30.8 Å². The Morgan fingerprint density at radius 2 is 1.52 bits per heavy atom. The maximum atomic E-state index is 15.5. The predicted molar refractivity (Wildman–Crippen MR) is 322 cm³/mol. The molecule has 0 spiro atoms. The van der Waals surface area contributed by atoms with E-state index in [1.165, 1.54) is 0 Å². The Morgan fingerprint density at radius 3 is 2.21 bits per heavy atom. The number of hydrogen-bond donors (Lipinski definition) is 1. The van der Waals surface area contributed by atoms with Gasteiger partial charge in [-0.05, 0) is 112 Å². The molecule has 6 aromatic rings. The van der Waals surface area contributed by atoms with Crippen molar-refractivity contribution in [3.63, 3.8) is 0 Å². The van der Waals surface area contributed by atoms with Crippen molar-refractivity contribution in [2.24, 2.45) is 4.99 Å². The number of aromatic nitrogens is 3. The highest BCUT2D eigenvalue weighted by molar-refractivity contribution is 6.30. The van der Waals surface area contributed by atoms with E-state index in [0.717, 1.165) is 39.1 Å². The summed E-state index contributed by atoms with van der Waals surface area (Å²) in [4.78, 5) is 63.0. The average molecular weight is 1160 g/mol. The standard InChI is InChI=1S/C63H78Cl2N10O7/c1-11-81-54-39-47(61(5,6)7)17-22-50(54)58-69-62(8,45-13-18-48(64)19-14-45)63(9,46-15-20-49(65)21-16-46)75(58)60(78)72-31-28-71(29-32-72)33-35-80-37-36-79-34-25-56(76)70(10)27-30-73-41-43(3)82-53-23-12-42(2)38-51(53)44(4)67-55-24-26-74-57(68-55)52(40-66-74)59(73)77/h12-24,26,38-40,43-44H,11,25,27-37,41H2,1-10H3,(H,67,68)/t43-,44+,62+,63-/m0/s1. The molecule has 9 rings (SSSR count). The Kier molecular flexibility index (Phi) is 18.5. The molecule has 0 saturated carbocycles. The van der Waals surface area contributed by atoms with Crippen LogP contribution in [0.3, 0.4) is 0 Å². The number of likely N-dealkylation sites (N-methyl/N-ethyl adjacent to an activating group) is 1. The van der Waals surface area contributed by atoms with E-state index in [-0.39, 0.29) is 61.5 Å². The summed E-state index contributed by atoms with van der Waals surface area (Å²) in [6.45, 7) is 24.4. The van der Waals surface area contributed by atoms with Gasteiger partial charge in [-0.1, -0.05) is 92.0 Å². The van der Waals surface area contributed by atoms with Crippen LogP contribution < -0.4 is 14.8 Å². The monoisotopic (exact) mass is 1160 g/mol. The van der Waals surface area contributed by atoms with Gasteiger partial charge in [-0.25, -0.2) is 14.3 Å². The van der Waals surface area contributed by atoms with E-state index in [1.54, 1.807) is 33.8 Å². The highest BCUT2D eigenvalue weighted by Gasteiger charge is 2.60. The number of rotatable bonds is 17. The number of amides is 4. The topological polar surface area (TPSA) is 159 Å². The number of nitrogens with zero attached hydrogens (tertiary/aromatic N) is 9. The zero-order valence-corrected chi connectivity index (χ0v) is 50.5. The number of amidine groups is 1. The first-order valence-corrected chi connectivity index (χ1v) is 29.2. The van der Waals surface area contributed by atoms with Crippen LogP contribution in [0.4, 0.5) is 10.6 Å². The summed E-state index contributed by atoms with van der Waals surface area (Å²) >= 11 is 13.0. The molecule has 0 unspecified atom stereocenters. The van der Waals surface area contributed by atoms with Gasteiger partial charge in [-0.3, -0.25) is 24.4 Å². The highest BCUT2D eigenvalue weighted by atomic mass is 35.5. The van der Waals surface area contributed by atoms with Crippen LogP contribution in [0.5, 0.6) is 11.5 Å². The van der Waals surface area contributed by atoms with E-state index in [9.17, 15) is 9.59 Å². The predicted octanol–water partition coefficient (Wildman–Crippen LogP) is 10.6. The number of aliphatic imine (C=N–C) groups is 1. The van der Waals surface area contributed by atoms with Crippen molar-refractivity contribution in [2.75, 3.05) is 97.8 Å². The fraction of sp³-hybridized carbons (Fsp3) is 0.460. The van der Waals surface area contributed by atoms with Crippen molar-refractivity contribution < 1.29 is 33.3 Å². The summed E-state index contributed by atoms with van der Waals surface area (Å²) < 4.78 is 26.3. The average Bonchev–Trinajstić information content (AvgIpc) is 2.20. The maximum Gasteiger partial charge on any atom is 0.326 e. The van der Waals surface area contributed by atoms with Gasteiger partial charge < -0.3 is 39.0 Å². The largest absolute Gasteiger partial charge is 0.493 e. The number of carbonyl (C=O) groups is 3. The molecule has 3 aliphatic heterocycles. The number of aryl methyl sites for hydroxylation is 1.